The molecule has 1 amide bonds. The van der Waals surface area contributed by atoms with Crippen LogP contribution in [0.2, 0.25) is 0 Å². The van der Waals surface area contributed by atoms with E-state index in [0.717, 1.165) is 11.3 Å². The lowest BCUT2D eigenvalue weighted by molar-refractivity contribution is 0.0955. The summed E-state index contributed by atoms with van der Waals surface area (Å²) in [6, 6.07) is 12.0. The number of hydrogen-bond acceptors (Lipinski definition) is 2. The van der Waals surface area contributed by atoms with E-state index in [1.165, 1.54) is 6.07 Å². The van der Waals surface area contributed by atoms with E-state index >= 15 is 0 Å². The fraction of sp³-hybridized carbons (Fsp3) is 0.176. The van der Waals surface area contributed by atoms with Gasteiger partial charge in [-0.1, -0.05) is 24.3 Å². The number of para-hydroxylation sites is 1. The molecule has 0 bridgehead atoms. The first kappa shape index (κ1) is 14.3. The van der Waals surface area contributed by atoms with Crippen molar-refractivity contribution in [3.05, 3.63) is 65.2 Å². The second-order valence-corrected chi connectivity index (χ2v) is 5.12. The first-order chi connectivity index (χ1) is 10.6. The molecule has 0 aliphatic rings. The Bertz CT molecular complexity index is 826. The number of amides is 1. The summed E-state index contributed by atoms with van der Waals surface area (Å²) in [6.07, 6.45) is 0.452. The molecule has 0 fully saturated rings. The third-order valence-electron chi connectivity index (χ3n) is 3.51. The van der Waals surface area contributed by atoms with Gasteiger partial charge in [0.15, 0.2) is 0 Å². The zero-order chi connectivity index (χ0) is 15.5. The molecule has 0 aliphatic carbocycles. The largest absolute Gasteiger partial charge is 0.352 e. The molecule has 112 valence electrons. The van der Waals surface area contributed by atoms with E-state index in [0.29, 0.717) is 29.6 Å². The topological polar surface area (TPSA) is 57.8 Å². The SMILES string of the molecule is Cc1nc2c(C(=O)NCCc3ccccc3F)cccc2[nH]1. The number of benzene rings is 2. The van der Waals surface area contributed by atoms with E-state index in [1.54, 1.807) is 24.3 Å². The predicted molar refractivity (Wildman–Crippen MR) is 83.3 cm³/mol. The molecule has 0 unspecified atom stereocenters. The lowest BCUT2D eigenvalue weighted by atomic mass is 10.1. The van der Waals surface area contributed by atoms with Gasteiger partial charge in [0.2, 0.25) is 0 Å². The number of H-pyrrole nitrogens is 1. The second-order valence-electron chi connectivity index (χ2n) is 5.12. The number of imidazole rings is 1. The Balaban J connectivity index is 1.70. The fourth-order valence-corrected chi connectivity index (χ4v) is 2.45. The molecule has 0 aliphatic heterocycles. The minimum absolute atomic E-state index is 0.201. The highest BCUT2D eigenvalue weighted by molar-refractivity contribution is 6.04. The van der Waals surface area contributed by atoms with Crippen LogP contribution in [0.5, 0.6) is 0 Å². The summed E-state index contributed by atoms with van der Waals surface area (Å²) in [7, 11) is 0. The van der Waals surface area contributed by atoms with E-state index in [4.69, 9.17) is 0 Å². The zero-order valence-corrected chi connectivity index (χ0v) is 12.2. The highest BCUT2D eigenvalue weighted by Crippen LogP contribution is 2.16. The molecule has 0 spiro atoms. The maximum Gasteiger partial charge on any atom is 0.253 e. The van der Waals surface area contributed by atoms with E-state index in [1.807, 2.05) is 19.1 Å². The van der Waals surface area contributed by atoms with E-state index in [2.05, 4.69) is 15.3 Å². The van der Waals surface area contributed by atoms with Crippen LogP contribution in [0.4, 0.5) is 4.39 Å². The van der Waals surface area contributed by atoms with Gasteiger partial charge in [-0.3, -0.25) is 4.79 Å². The van der Waals surface area contributed by atoms with E-state index < -0.39 is 0 Å². The number of rotatable bonds is 4. The van der Waals surface area contributed by atoms with Gasteiger partial charge in [-0.25, -0.2) is 9.37 Å². The van der Waals surface area contributed by atoms with Crippen molar-refractivity contribution in [1.29, 1.82) is 0 Å². The maximum absolute atomic E-state index is 13.5. The Labute approximate surface area is 127 Å². The van der Waals surface area contributed by atoms with Crippen LogP contribution in [0.3, 0.4) is 0 Å². The number of nitrogens with one attached hydrogen (secondary N) is 2. The van der Waals surface area contributed by atoms with Crippen LogP contribution < -0.4 is 5.32 Å². The molecular weight excluding hydrogens is 281 g/mol. The monoisotopic (exact) mass is 297 g/mol. The van der Waals surface area contributed by atoms with Crippen LogP contribution in [-0.4, -0.2) is 22.4 Å². The van der Waals surface area contributed by atoms with Crippen LogP contribution in [0.1, 0.15) is 21.7 Å². The average Bonchev–Trinajstić information content (AvgIpc) is 2.89. The van der Waals surface area contributed by atoms with Crippen molar-refractivity contribution in [2.75, 3.05) is 6.54 Å². The van der Waals surface area contributed by atoms with Crippen molar-refractivity contribution in [1.82, 2.24) is 15.3 Å². The number of fused-ring (bicyclic) bond motifs is 1. The average molecular weight is 297 g/mol. The molecule has 0 saturated heterocycles. The lowest BCUT2D eigenvalue weighted by Gasteiger charge is -2.06. The van der Waals surface area contributed by atoms with Gasteiger partial charge >= 0.3 is 0 Å². The van der Waals surface area contributed by atoms with Gasteiger partial charge in [-0.15, -0.1) is 0 Å². The standard InChI is InChI=1S/C17H16FN3O/c1-11-20-15-8-4-6-13(16(15)21-11)17(22)19-10-9-12-5-2-3-7-14(12)18/h2-8H,9-10H2,1H3,(H,19,22)(H,20,21). The van der Waals surface area contributed by atoms with E-state index in [9.17, 15) is 9.18 Å². The van der Waals surface area contributed by atoms with Gasteiger partial charge < -0.3 is 10.3 Å². The number of halogens is 1. The number of carbonyl (C=O) groups excluding carboxylic acids is 1. The zero-order valence-electron chi connectivity index (χ0n) is 12.2. The highest BCUT2D eigenvalue weighted by atomic mass is 19.1. The summed E-state index contributed by atoms with van der Waals surface area (Å²) in [6.45, 7) is 2.22. The summed E-state index contributed by atoms with van der Waals surface area (Å²) in [4.78, 5) is 19.7. The lowest BCUT2D eigenvalue weighted by Crippen LogP contribution is -2.26. The minimum Gasteiger partial charge on any atom is -0.352 e. The summed E-state index contributed by atoms with van der Waals surface area (Å²) in [5.41, 5.74) is 2.61. The first-order valence-electron chi connectivity index (χ1n) is 7.12. The van der Waals surface area contributed by atoms with Gasteiger partial charge in [-0.2, -0.15) is 0 Å². The Morgan fingerprint density at radius 3 is 2.86 bits per heavy atom. The van der Waals surface area contributed by atoms with Crippen molar-refractivity contribution in [2.24, 2.45) is 0 Å². The van der Waals surface area contributed by atoms with Crippen molar-refractivity contribution in [2.45, 2.75) is 13.3 Å². The molecule has 5 heteroatoms. The Hall–Kier alpha value is -2.69. The molecule has 0 atom stereocenters. The number of nitrogens with zero attached hydrogens (tertiary/aromatic N) is 1. The number of hydrogen-bond donors (Lipinski definition) is 2. The Morgan fingerprint density at radius 2 is 2.05 bits per heavy atom. The van der Waals surface area contributed by atoms with Gasteiger partial charge in [0, 0.05) is 6.54 Å². The van der Waals surface area contributed by atoms with Crippen LogP contribution >= 0.6 is 0 Å². The third kappa shape index (κ3) is 2.83. The van der Waals surface area contributed by atoms with E-state index in [-0.39, 0.29) is 11.7 Å². The van der Waals surface area contributed by atoms with Crippen molar-refractivity contribution >= 4 is 16.9 Å². The minimum atomic E-state index is -0.248. The van der Waals surface area contributed by atoms with Crippen LogP contribution in [0, 0.1) is 12.7 Å². The van der Waals surface area contributed by atoms with Gasteiger partial charge in [0.1, 0.15) is 17.2 Å². The normalized spacial score (nSPS) is 10.8. The van der Waals surface area contributed by atoms with Crippen molar-refractivity contribution in [3.63, 3.8) is 0 Å². The summed E-state index contributed by atoms with van der Waals surface area (Å²) >= 11 is 0. The van der Waals surface area contributed by atoms with Crippen LogP contribution in [-0.2, 0) is 6.42 Å². The van der Waals surface area contributed by atoms with Crippen LogP contribution in [0.15, 0.2) is 42.5 Å². The van der Waals surface area contributed by atoms with Gasteiger partial charge in [-0.05, 0) is 37.1 Å². The first-order valence-corrected chi connectivity index (χ1v) is 7.12. The Morgan fingerprint density at radius 1 is 1.23 bits per heavy atom. The summed E-state index contributed by atoms with van der Waals surface area (Å²) in [5, 5.41) is 2.82. The molecule has 4 nitrogen and oxygen atoms in total. The number of aryl methyl sites for hydroxylation is 1. The molecule has 2 aromatic carbocycles. The van der Waals surface area contributed by atoms with Gasteiger partial charge in [0.25, 0.3) is 5.91 Å². The smallest absolute Gasteiger partial charge is 0.253 e. The maximum atomic E-state index is 13.5. The third-order valence-corrected chi connectivity index (χ3v) is 3.51. The quantitative estimate of drug-likeness (QED) is 0.778. The summed E-state index contributed by atoms with van der Waals surface area (Å²) < 4.78 is 13.5. The fourth-order valence-electron chi connectivity index (χ4n) is 2.45. The number of carbonyl (C=O) groups is 1. The second kappa shape index (κ2) is 5.97. The van der Waals surface area contributed by atoms with Gasteiger partial charge in [0.05, 0.1) is 11.1 Å². The van der Waals surface area contributed by atoms with Crippen molar-refractivity contribution in [3.8, 4) is 0 Å². The molecule has 1 heterocycles. The molecule has 2 N–H and O–H groups in total. The molecule has 3 aromatic rings. The number of aromatic amines is 1. The Kier molecular flexibility index (Phi) is 3.87. The molecule has 3 rings (SSSR count). The number of aromatic nitrogens is 2. The molecule has 1 aromatic heterocycles. The molecule has 0 radical (unpaired) electrons. The molecule has 22 heavy (non-hydrogen) atoms. The van der Waals surface area contributed by atoms with Crippen LogP contribution in [0.25, 0.3) is 11.0 Å². The highest BCUT2D eigenvalue weighted by Gasteiger charge is 2.12. The predicted octanol–water partition coefficient (Wildman–Crippen LogP) is 2.98. The summed E-state index contributed by atoms with van der Waals surface area (Å²) in [5.74, 6) is 0.317. The van der Waals surface area contributed by atoms with Crippen molar-refractivity contribution < 1.29 is 9.18 Å². The molecular formula is C17H16FN3O. The molecule has 0 saturated carbocycles.